The van der Waals surface area contributed by atoms with Gasteiger partial charge >= 0.3 is 5.97 Å². The maximum absolute atomic E-state index is 13.2. The fourth-order valence-electron chi connectivity index (χ4n) is 3.89. The zero-order valence-corrected chi connectivity index (χ0v) is 19.4. The van der Waals surface area contributed by atoms with Crippen molar-refractivity contribution in [3.05, 3.63) is 83.9 Å². The van der Waals surface area contributed by atoms with Crippen molar-refractivity contribution in [2.24, 2.45) is 0 Å². The average Bonchev–Trinajstić information content (AvgIpc) is 2.87. The van der Waals surface area contributed by atoms with Crippen molar-refractivity contribution in [1.29, 1.82) is 0 Å². The van der Waals surface area contributed by atoms with Gasteiger partial charge in [-0.05, 0) is 80.1 Å². The van der Waals surface area contributed by atoms with E-state index in [2.05, 4.69) is 0 Å². The van der Waals surface area contributed by atoms with Gasteiger partial charge in [-0.1, -0.05) is 12.1 Å². The van der Waals surface area contributed by atoms with Crippen molar-refractivity contribution < 1.29 is 28.5 Å². The molecule has 0 aromatic heterocycles. The lowest BCUT2D eigenvalue weighted by atomic mass is 9.89. The average molecular weight is 462 g/mol. The summed E-state index contributed by atoms with van der Waals surface area (Å²) >= 11 is 0. The lowest BCUT2D eigenvalue weighted by Crippen LogP contribution is -2.61. The van der Waals surface area contributed by atoms with Gasteiger partial charge in [-0.15, -0.1) is 0 Å². The number of amides is 1. The molecule has 1 fully saturated rings. The molecule has 1 aliphatic rings. The summed E-state index contributed by atoms with van der Waals surface area (Å²) in [5, 5.41) is 0. The van der Waals surface area contributed by atoms with Crippen LogP contribution in [0.2, 0.25) is 0 Å². The van der Waals surface area contributed by atoms with Gasteiger partial charge in [0, 0.05) is 5.69 Å². The maximum Gasteiger partial charge on any atom is 0.338 e. The van der Waals surface area contributed by atoms with E-state index in [-0.39, 0.29) is 11.9 Å². The fraction of sp³-hybridized carbons (Fsp3) is 0.259. The molecule has 1 amide bonds. The summed E-state index contributed by atoms with van der Waals surface area (Å²) in [7, 11) is 1.60. The van der Waals surface area contributed by atoms with Gasteiger partial charge in [-0.25, -0.2) is 4.79 Å². The summed E-state index contributed by atoms with van der Waals surface area (Å²) in [6.45, 7) is 4.56. The van der Waals surface area contributed by atoms with Gasteiger partial charge in [0.2, 0.25) is 6.10 Å². The molecule has 0 radical (unpaired) electrons. The van der Waals surface area contributed by atoms with Crippen LogP contribution in [0.15, 0.2) is 72.8 Å². The van der Waals surface area contributed by atoms with Crippen LogP contribution in [-0.4, -0.2) is 38.3 Å². The molecule has 1 aliphatic heterocycles. The smallest absolute Gasteiger partial charge is 0.338 e. The van der Waals surface area contributed by atoms with E-state index in [0.29, 0.717) is 36.0 Å². The monoisotopic (exact) mass is 461 g/mol. The Bertz CT molecular complexity index is 1130. The highest BCUT2D eigenvalue weighted by Crippen LogP contribution is 2.42. The Labute approximate surface area is 198 Å². The number of hydrogen-bond acceptors (Lipinski definition) is 6. The van der Waals surface area contributed by atoms with Gasteiger partial charge in [0.1, 0.15) is 23.3 Å². The maximum atomic E-state index is 13.2. The molecule has 0 bridgehead atoms. The van der Waals surface area contributed by atoms with Crippen LogP contribution < -0.4 is 19.1 Å². The van der Waals surface area contributed by atoms with Crippen molar-refractivity contribution in [2.75, 3.05) is 25.2 Å². The van der Waals surface area contributed by atoms with E-state index >= 15 is 0 Å². The first-order chi connectivity index (χ1) is 16.5. The second-order valence-electron chi connectivity index (χ2n) is 7.64. The summed E-state index contributed by atoms with van der Waals surface area (Å²) < 4.78 is 21.9. The number of anilines is 1. The molecule has 1 heterocycles. The van der Waals surface area contributed by atoms with Crippen molar-refractivity contribution in [3.8, 4) is 17.2 Å². The Kier molecular flexibility index (Phi) is 7.01. The van der Waals surface area contributed by atoms with Crippen molar-refractivity contribution in [3.63, 3.8) is 0 Å². The summed E-state index contributed by atoms with van der Waals surface area (Å²) in [5.41, 5.74) is 2.02. The first-order valence-electron chi connectivity index (χ1n) is 11.2. The molecule has 1 saturated heterocycles. The minimum atomic E-state index is -0.698. The van der Waals surface area contributed by atoms with E-state index in [1.807, 2.05) is 31.2 Å². The molecule has 0 saturated carbocycles. The third-order valence-electron chi connectivity index (χ3n) is 5.56. The number of β-lactam (4-membered cyclic amide) rings is 1. The number of ether oxygens (including phenoxy) is 4. The molecule has 4 rings (SSSR count). The second kappa shape index (κ2) is 10.3. The molecule has 2 atom stereocenters. The topological polar surface area (TPSA) is 74.3 Å². The van der Waals surface area contributed by atoms with E-state index in [1.165, 1.54) is 0 Å². The fourth-order valence-corrected chi connectivity index (χ4v) is 3.89. The quantitative estimate of drug-likeness (QED) is 0.336. The SMILES string of the molecule is CCOC(=O)c1ccc(N2C(=O)[C@@H](Oc3ccc(OC)cc3)[C@H]2c2ccc(OCC)cc2)cc1. The molecular formula is C27H27NO6. The molecule has 3 aromatic carbocycles. The number of hydrogen-bond donors (Lipinski definition) is 0. The number of carbonyl (C=O) groups excluding carboxylic acids is 2. The highest BCUT2D eigenvalue weighted by molar-refractivity contribution is 6.05. The Hall–Kier alpha value is -4.00. The first-order valence-corrected chi connectivity index (χ1v) is 11.2. The van der Waals surface area contributed by atoms with Crippen LogP contribution >= 0.6 is 0 Å². The van der Waals surface area contributed by atoms with E-state index in [1.54, 1.807) is 67.5 Å². The Morgan fingerprint density at radius 3 is 2.03 bits per heavy atom. The van der Waals surface area contributed by atoms with Crippen molar-refractivity contribution in [2.45, 2.75) is 26.0 Å². The number of carbonyl (C=O) groups is 2. The molecular weight excluding hydrogens is 434 g/mol. The van der Waals surface area contributed by atoms with Crippen LogP contribution in [0.3, 0.4) is 0 Å². The Morgan fingerprint density at radius 2 is 1.44 bits per heavy atom. The van der Waals surface area contributed by atoms with Gasteiger partial charge in [-0.3, -0.25) is 9.69 Å². The summed E-state index contributed by atoms with van der Waals surface area (Å²) in [4.78, 5) is 26.9. The van der Waals surface area contributed by atoms with E-state index < -0.39 is 12.1 Å². The van der Waals surface area contributed by atoms with Gasteiger partial charge < -0.3 is 18.9 Å². The Morgan fingerprint density at radius 1 is 0.824 bits per heavy atom. The van der Waals surface area contributed by atoms with Crippen molar-refractivity contribution in [1.82, 2.24) is 0 Å². The normalized spacial score (nSPS) is 17.0. The summed E-state index contributed by atoms with van der Waals surface area (Å²) in [5.74, 6) is 1.48. The van der Waals surface area contributed by atoms with E-state index in [0.717, 1.165) is 11.3 Å². The number of esters is 1. The van der Waals surface area contributed by atoms with E-state index in [4.69, 9.17) is 18.9 Å². The molecule has 0 N–H and O–H groups in total. The summed E-state index contributed by atoms with van der Waals surface area (Å²) in [6.07, 6.45) is -0.698. The number of benzene rings is 3. The second-order valence-corrected chi connectivity index (χ2v) is 7.64. The molecule has 3 aromatic rings. The standard InChI is InChI=1S/C27H27NO6/c1-4-32-22-12-8-18(9-13-22)24-25(34-23-16-14-21(31-3)15-17-23)26(29)28(24)20-10-6-19(7-11-20)27(30)33-5-2/h6-17,24-25H,4-5H2,1-3H3/t24-,25+/m1/s1. The van der Waals surface area contributed by atoms with Crippen LogP contribution in [0.1, 0.15) is 35.8 Å². The third kappa shape index (κ3) is 4.69. The Balaban J connectivity index is 1.62. The zero-order valence-electron chi connectivity index (χ0n) is 19.4. The molecule has 0 spiro atoms. The molecule has 0 unspecified atom stereocenters. The highest BCUT2D eigenvalue weighted by Gasteiger charge is 2.51. The third-order valence-corrected chi connectivity index (χ3v) is 5.56. The van der Waals surface area contributed by atoms with Crippen LogP contribution in [0.25, 0.3) is 0 Å². The van der Waals surface area contributed by atoms with Crippen LogP contribution in [0, 0.1) is 0 Å². The molecule has 34 heavy (non-hydrogen) atoms. The predicted octanol–water partition coefficient (Wildman–Crippen LogP) is 4.81. The number of rotatable bonds is 9. The molecule has 7 heteroatoms. The molecule has 176 valence electrons. The lowest BCUT2D eigenvalue weighted by molar-refractivity contribution is -0.135. The first kappa shape index (κ1) is 23.2. The van der Waals surface area contributed by atoms with Gasteiger partial charge in [0.25, 0.3) is 5.91 Å². The van der Waals surface area contributed by atoms with E-state index in [9.17, 15) is 9.59 Å². The van der Waals surface area contributed by atoms with Gasteiger partial charge in [0.15, 0.2) is 0 Å². The van der Waals surface area contributed by atoms with Crippen LogP contribution in [-0.2, 0) is 9.53 Å². The minimum Gasteiger partial charge on any atom is -0.497 e. The highest BCUT2D eigenvalue weighted by atomic mass is 16.5. The summed E-state index contributed by atoms with van der Waals surface area (Å²) in [6, 6.07) is 21.2. The van der Waals surface area contributed by atoms with Crippen LogP contribution in [0.5, 0.6) is 17.2 Å². The predicted molar refractivity (Wildman–Crippen MR) is 128 cm³/mol. The molecule has 0 aliphatic carbocycles. The van der Waals surface area contributed by atoms with Crippen LogP contribution in [0.4, 0.5) is 5.69 Å². The van der Waals surface area contributed by atoms with Crippen molar-refractivity contribution >= 4 is 17.6 Å². The number of methoxy groups -OCH3 is 1. The minimum absolute atomic E-state index is 0.168. The number of nitrogens with zero attached hydrogens (tertiary/aromatic N) is 1. The zero-order chi connectivity index (χ0) is 24.1. The molecule has 7 nitrogen and oxygen atoms in total. The largest absolute Gasteiger partial charge is 0.497 e. The lowest BCUT2D eigenvalue weighted by Gasteiger charge is -2.46. The van der Waals surface area contributed by atoms with Gasteiger partial charge in [-0.2, -0.15) is 0 Å². The van der Waals surface area contributed by atoms with Gasteiger partial charge in [0.05, 0.1) is 25.9 Å².